The molecule has 0 saturated heterocycles. The molecule has 0 aliphatic heterocycles. The van der Waals surface area contributed by atoms with Gasteiger partial charge in [0.25, 0.3) is 0 Å². The van der Waals surface area contributed by atoms with E-state index in [4.69, 9.17) is 5.73 Å². The van der Waals surface area contributed by atoms with E-state index in [2.05, 4.69) is 6.92 Å². The molecule has 1 atom stereocenters. The van der Waals surface area contributed by atoms with Gasteiger partial charge in [-0.15, -0.1) is 0 Å². The normalized spacial score (nSPS) is 13.6. The van der Waals surface area contributed by atoms with Crippen LogP contribution in [-0.2, 0) is 16.3 Å². The van der Waals surface area contributed by atoms with Crippen LogP contribution in [0.25, 0.3) is 0 Å². The average Bonchev–Trinajstić information content (AvgIpc) is 2.24. The standard InChI is InChI=1S/C13H21NO2S/c1-3-4-5-11-6-8-12(9-7-11)13(14)10-17(2,15)16/h6-9,13H,3-5,10,14H2,1-2H3. The van der Waals surface area contributed by atoms with Gasteiger partial charge < -0.3 is 5.73 Å². The number of hydrogen-bond donors (Lipinski definition) is 1. The van der Waals surface area contributed by atoms with Crippen molar-refractivity contribution in [3.05, 3.63) is 35.4 Å². The maximum Gasteiger partial charge on any atom is 0.149 e. The Morgan fingerprint density at radius 3 is 2.29 bits per heavy atom. The van der Waals surface area contributed by atoms with E-state index in [-0.39, 0.29) is 5.75 Å². The van der Waals surface area contributed by atoms with E-state index in [1.54, 1.807) is 0 Å². The Kier molecular flexibility index (Phi) is 5.15. The average molecular weight is 255 g/mol. The van der Waals surface area contributed by atoms with Crippen molar-refractivity contribution >= 4 is 9.84 Å². The summed E-state index contributed by atoms with van der Waals surface area (Å²) >= 11 is 0. The van der Waals surface area contributed by atoms with Crippen LogP contribution in [0.2, 0.25) is 0 Å². The molecular formula is C13H21NO2S. The van der Waals surface area contributed by atoms with Gasteiger partial charge in [0.05, 0.1) is 5.75 Å². The van der Waals surface area contributed by atoms with Gasteiger partial charge in [-0.3, -0.25) is 0 Å². The van der Waals surface area contributed by atoms with Gasteiger partial charge >= 0.3 is 0 Å². The van der Waals surface area contributed by atoms with Crippen molar-refractivity contribution in [1.82, 2.24) is 0 Å². The molecule has 0 saturated carbocycles. The molecule has 1 aromatic rings. The first-order valence-corrected chi connectivity index (χ1v) is 8.00. The third-order valence-electron chi connectivity index (χ3n) is 2.71. The van der Waals surface area contributed by atoms with Crippen LogP contribution in [0.15, 0.2) is 24.3 Å². The fourth-order valence-corrected chi connectivity index (χ4v) is 2.58. The molecule has 17 heavy (non-hydrogen) atoms. The van der Waals surface area contributed by atoms with E-state index in [0.717, 1.165) is 12.0 Å². The molecule has 0 bridgehead atoms. The number of rotatable bonds is 6. The van der Waals surface area contributed by atoms with Crippen molar-refractivity contribution in [3.8, 4) is 0 Å². The van der Waals surface area contributed by atoms with Gasteiger partial charge in [-0.2, -0.15) is 0 Å². The molecule has 0 heterocycles. The monoisotopic (exact) mass is 255 g/mol. The highest BCUT2D eigenvalue weighted by atomic mass is 32.2. The summed E-state index contributed by atoms with van der Waals surface area (Å²) in [6.45, 7) is 2.16. The Labute approximate surface area is 104 Å². The van der Waals surface area contributed by atoms with Crippen molar-refractivity contribution in [2.75, 3.05) is 12.0 Å². The van der Waals surface area contributed by atoms with Crippen LogP contribution in [0.1, 0.15) is 36.9 Å². The molecule has 0 fully saturated rings. The Bertz CT molecular complexity index is 437. The van der Waals surface area contributed by atoms with Gasteiger partial charge in [-0.1, -0.05) is 37.6 Å². The molecule has 4 heteroatoms. The predicted octanol–water partition coefficient (Wildman–Crippen LogP) is 2.07. The number of benzene rings is 1. The van der Waals surface area contributed by atoms with E-state index < -0.39 is 15.9 Å². The van der Waals surface area contributed by atoms with E-state index in [1.807, 2.05) is 24.3 Å². The summed E-state index contributed by atoms with van der Waals surface area (Å²) in [5, 5.41) is 0. The topological polar surface area (TPSA) is 60.2 Å². The SMILES string of the molecule is CCCCc1ccc(C(N)CS(C)(=O)=O)cc1. The highest BCUT2D eigenvalue weighted by Gasteiger charge is 2.12. The number of sulfone groups is 1. The van der Waals surface area contributed by atoms with Crippen molar-refractivity contribution in [2.45, 2.75) is 32.2 Å². The molecular weight excluding hydrogens is 234 g/mol. The molecule has 0 aromatic heterocycles. The zero-order valence-electron chi connectivity index (χ0n) is 10.5. The maximum atomic E-state index is 11.1. The maximum absolute atomic E-state index is 11.1. The second-order valence-electron chi connectivity index (χ2n) is 4.54. The summed E-state index contributed by atoms with van der Waals surface area (Å²) in [6, 6.07) is 7.51. The lowest BCUT2D eigenvalue weighted by Gasteiger charge is -2.11. The second kappa shape index (κ2) is 6.17. The zero-order valence-corrected chi connectivity index (χ0v) is 11.3. The minimum Gasteiger partial charge on any atom is -0.323 e. The summed E-state index contributed by atoms with van der Waals surface area (Å²) in [4.78, 5) is 0. The molecule has 0 aliphatic rings. The quantitative estimate of drug-likeness (QED) is 0.846. The second-order valence-corrected chi connectivity index (χ2v) is 6.73. The van der Waals surface area contributed by atoms with Gasteiger partial charge in [-0.05, 0) is 24.0 Å². The lowest BCUT2D eigenvalue weighted by atomic mass is 10.0. The highest BCUT2D eigenvalue weighted by Crippen LogP contribution is 2.14. The lowest BCUT2D eigenvalue weighted by Crippen LogP contribution is -2.20. The van der Waals surface area contributed by atoms with Crippen LogP contribution in [0.4, 0.5) is 0 Å². The van der Waals surface area contributed by atoms with Gasteiger partial charge in [0.2, 0.25) is 0 Å². The van der Waals surface area contributed by atoms with E-state index >= 15 is 0 Å². The minimum atomic E-state index is -3.02. The third kappa shape index (κ3) is 5.33. The molecule has 2 N–H and O–H groups in total. The fraction of sp³-hybridized carbons (Fsp3) is 0.538. The van der Waals surface area contributed by atoms with Crippen LogP contribution >= 0.6 is 0 Å². The summed E-state index contributed by atoms with van der Waals surface area (Å²) in [7, 11) is -3.02. The van der Waals surface area contributed by atoms with Crippen molar-refractivity contribution < 1.29 is 8.42 Å². The summed E-state index contributed by atoms with van der Waals surface area (Å²) in [6.07, 6.45) is 4.63. The van der Waals surface area contributed by atoms with Crippen LogP contribution in [0.5, 0.6) is 0 Å². The lowest BCUT2D eigenvalue weighted by molar-refractivity contribution is 0.594. The van der Waals surface area contributed by atoms with Crippen LogP contribution < -0.4 is 5.73 Å². The molecule has 3 nitrogen and oxygen atoms in total. The summed E-state index contributed by atoms with van der Waals surface area (Å²) < 4.78 is 22.3. The number of nitrogens with two attached hydrogens (primary N) is 1. The Hall–Kier alpha value is -0.870. The van der Waals surface area contributed by atoms with Gasteiger partial charge in [0, 0.05) is 12.3 Å². The number of unbranched alkanes of at least 4 members (excludes halogenated alkanes) is 1. The largest absolute Gasteiger partial charge is 0.323 e. The van der Waals surface area contributed by atoms with Crippen LogP contribution in [0, 0.1) is 0 Å². The molecule has 1 unspecified atom stereocenters. The number of hydrogen-bond acceptors (Lipinski definition) is 3. The van der Waals surface area contributed by atoms with Gasteiger partial charge in [0.15, 0.2) is 0 Å². The van der Waals surface area contributed by atoms with Crippen LogP contribution in [0.3, 0.4) is 0 Å². The highest BCUT2D eigenvalue weighted by molar-refractivity contribution is 7.90. The molecule has 0 spiro atoms. The Morgan fingerprint density at radius 2 is 1.82 bits per heavy atom. The smallest absolute Gasteiger partial charge is 0.149 e. The first kappa shape index (κ1) is 14.2. The Balaban J connectivity index is 2.67. The first-order valence-electron chi connectivity index (χ1n) is 5.94. The van der Waals surface area contributed by atoms with Crippen molar-refractivity contribution in [3.63, 3.8) is 0 Å². The van der Waals surface area contributed by atoms with Gasteiger partial charge in [-0.25, -0.2) is 8.42 Å². The van der Waals surface area contributed by atoms with Crippen molar-refractivity contribution in [1.29, 1.82) is 0 Å². The number of aryl methyl sites for hydroxylation is 1. The summed E-state index contributed by atoms with van der Waals surface area (Å²) in [5.74, 6) is 0.00130. The minimum absolute atomic E-state index is 0.00130. The molecule has 0 radical (unpaired) electrons. The molecule has 1 aromatic carbocycles. The molecule has 0 aliphatic carbocycles. The zero-order chi connectivity index (χ0) is 12.9. The van der Waals surface area contributed by atoms with E-state index in [1.165, 1.54) is 24.7 Å². The predicted molar refractivity (Wildman–Crippen MR) is 71.7 cm³/mol. The Morgan fingerprint density at radius 1 is 1.24 bits per heavy atom. The van der Waals surface area contributed by atoms with E-state index in [0.29, 0.717) is 0 Å². The first-order chi connectivity index (χ1) is 7.92. The molecule has 0 amide bonds. The van der Waals surface area contributed by atoms with E-state index in [9.17, 15) is 8.42 Å². The van der Waals surface area contributed by atoms with Gasteiger partial charge in [0.1, 0.15) is 9.84 Å². The fourth-order valence-electron chi connectivity index (χ4n) is 1.73. The van der Waals surface area contributed by atoms with Crippen molar-refractivity contribution in [2.24, 2.45) is 5.73 Å². The van der Waals surface area contributed by atoms with Crippen LogP contribution in [-0.4, -0.2) is 20.4 Å². The molecule has 1 rings (SSSR count). The third-order valence-corrected chi connectivity index (χ3v) is 3.67. The molecule has 96 valence electrons. The summed E-state index contributed by atoms with van der Waals surface area (Å²) in [5.41, 5.74) is 8.02.